The summed E-state index contributed by atoms with van der Waals surface area (Å²) in [6.07, 6.45) is -5.24. The van der Waals surface area contributed by atoms with Gasteiger partial charge in [-0.15, -0.1) is 5.54 Å². The first-order chi connectivity index (χ1) is 23.5. The Kier molecular flexibility index (Phi) is 14.2. The molecule has 1 heterocycles. The van der Waals surface area contributed by atoms with Gasteiger partial charge in [-0.3, -0.25) is 19.2 Å². The third kappa shape index (κ3) is 9.98. The first kappa shape index (κ1) is 40.3. The Morgan fingerprint density at radius 1 is 0.740 bits per heavy atom. The number of ether oxygens (including phenoxy) is 6. The molecular weight excluding hydrogens is 657 g/mol. The van der Waals surface area contributed by atoms with Gasteiger partial charge in [-0.25, -0.2) is 0 Å². The van der Waals surface area contributed by atoms with Gasteiger partial charge in [-0.2, -0.15) is 0 Å². The van der Waals surface area contributed by atoms with Crippen LogP contribution in [-0.4, -0.2) is 70.1 Å². The quantitative estimate of drug-likeness (QED) is 0.102. The molecule has 11 heteroatoms. The minimum absolute atomic E-state index is 0.304. The second-order valence-corrected chi connectivity index (χ2v) is 19.3. The summed E-state index contributed by atoms with van der Waals surface area (Å²) in [6.45, 7) is 18.3. The molecule has 0 bridgehead atoms. The van der Waals surface area contributed by atoms with E-state index in [-0.39, 0.29) is 6.61 Å². The molecule has 0 N–H and O–H groups in total. The lowest BCUT2D eigenvalue weighted by molar-refractivity contribution is -0.254. The van der Waals surface area contributed by atoms with Gasteiger partial charge in [0.15, 0.2) is 18.3 Å². The van der Waals surface area contributed by atoms with Crippen LogP contribution < -0.4 is 4.74 Å². The number of benzene rings is 2. The molecule has 0 saturated carbocycles. The molecule has 0 aromatic heterocycles. The van der Waals surface area contributed by atoms with E-state index in [1.165, 1.54) is 27.7 Å². The molecule has 0 aliphatic carbocycles. The predicted molar refractivity (Wildman–Crippen MR) is 191 cm³/mol. The topological polar surface area (TPSA) is 124 Å². The number of methoxy groups -OCH3 is 1. The van der Waals surface area contributed by atoms with Gasteiger partial charge in [0, 0.05) is 39.7 Å². The number of carbonyl (C=O) groups is 4. The maximum atomic E-state index is 12.4. The summed E-state index contributed by atoms with van der Waals surface area (Å²) >= 11 is 0. The van der Waals surface area contributed by atoms with Crippen molar-refractivity contribution in [1.29, 1.82) is 0 Å². The fraction of sp³-hybridized carbons (Fsp3) is 0.538. The minimum Gasteiger partial charge on any atom is -0.496 e. The lowest BCUT2D eigenvalue weighted by Gasteiger charge is -2.44. The van der Waals surface area contributed by atoms with Crippen LogP contribution in [0.5, 0.6) is 5.75 Å². The van der Waals surface area contributed by atoms with Crippen molar-refractivity contribution in [2.75, 3.05) is 13.7 Å². The van der Waals surface area contributed by atoms with Crippen LogP contribution in [0.1, 0.15) is 97.6 Å². The third-order valence-corrected chi connectivity index (χ3v) is 15.6. The van der Waals surface area contributed by atoms with Crippen molar-refractivity contribution in [3.8, 4) is 17.2 Å². The molecule has 0 radical (unpaired) electrons. The van der Waals surface area contributed by atoms with E-state index in [4.69, 9.17) is 28.4 Å². The van der Waals surface area contributed by atoms with E-state index in [1.807, 2.05) is 30.3 Å². The molecule has 1 aliphatic rings. The highest BCUT2D eigenvalue weighted by atomic mass is 28.3. The van der Waals surface area contributed by atoms with Crippen LogP contribution in [0.25, 0.3) is 0 Å². The monoisotopic (exact) mass is 708 g/mol. The van der Waals surface area contributed by atoms with Gasteiger partial charge in [0.2, 0.25) is 0 Å². The smallest absolute Gasteiger partial charge is 0.303 e. The van der Waals surface area contributed by atoms with E-state index in [0.29, 0.717) is 34.4 Å². The average Bonchev–Trinajstić information content (AvgIpc) is 3.02. The van der Waals surface area contributed by atoms with Crippen molar-refractivity contribution in [3.63, 3.8) is 0 Å². The third-order valence-electron chi connectivity index (χ3n) is 9.26. The summed E-state index contributed by atoms with van der Waals surface area (Å²) in [7, 11) is -0.293. The van der Waals surface area contributed by atoms with Crippen LogP contribution in [0, 0.1) is 11.5 Å². The highest BCUT2D eigenvalue weighted by Crippen LogP contribution is 2.41. The van der Waals surface area contributed by atoms with E-state index in [9.17, 15) is 19.2 Å². The van der Waals surface area contributed by atoms with Gasteiger partial charge in [0.05, 0.1) is 7.11 Å². The van der Waals surface area contributed by atoms with Crippen molar-refractivity contribution in [1.82, 2.24) is 0 Å². The Labute approximate surface area is 297 Å². The minimum atomic E-state index is -1.88. The van der Waals surface area contributed by atoms with Gasteiger partial charge in [-0.1, -0.05) is 65.7 Å². The van der Waals surface area contributed by atoms with E-state index in [2.05, 4.69) is 53.0 Å². The Morgan fingerprint density at radius 2 is 1.28 bits per heavy atom. The number of rotatable bonds is 12. The molecule has 3 rings (SSSR count). The first-order valence-corrected chi connectivity index (χ1v) is 19.3. The molecule has 1 fully saturated rings. The van der Waals surface area contributed by atoms with Crippen LogP contribution in [0.15, 0.2) is 42.5 Å². The molecule has 272 valence electrons. The number of esters is 4. The first-order valence-electron chi connectivity index (χ1n) is 17.1. The fourth-order valence-electron chi connectivity index (χ4n) is 7.15. The van der Waals surface area contributed by atoms with Gasteiger partial charge in [0.25, 0.3) is 0 Å². The largest absolute Gasteiger partial charge is 0.496 e. The van der Waals surface area contributed by atoms with Crippen LogP contribution in [0.4, 0.5) is 0 Å². The lowest BCUT2D eigenvalue weighted by atomic mass is 9.89. The van der Waals surface area contributed by atoms with Crippen molar-refractivity contribution in [3.05, 3.63) is 64.7 Å². The van der Waals surface area contributed by atoms with Crippen molar-refractivity contribution in [2.24, 2.45) is 0 Å². The van der Waals surface area contributed by atoms with Gasteiger partial charge in [-0.05, 0) is 57.6 Å². The van der Waals surface area contributed by atoms with Crippen LogP contribution >= 0.6 is 0 Å². The van der Waals surface area contributed by atoms with Crippen LogP contribution in [0.3, 0.4) is 0 Å². The molecule has 10 nitrogen and oxygen atoms in total. The van der Waals surface area contributed by atoms with Gasteiger partial charge in [0.1, 0.15) is 32.6 Å². The van der Waals surface area contributed by atoms with E-state index in [1.54, 1.807) is 19.2 Å². The maximum absolute atomic E-state index is 12.4. The normalized spacial score (nSPS) is 20.5. The summed E-state index contributed by atoms with van der Waals surface area (Å²) in [5.41, 5.74) is 8.78. The SMILES string of the molecule is COc1ccc([C@@H]2O[C@H](COC(C)=O)[C@@H](OC(C)=O)[C@H](OC(C)=O)[C@H]2OC(C)=O)cc1Cc1ccc(C#C[Si](C(C)C)(C(C)C)C(C)C)cc1. The van der Waals surface area contributed by atoms with E-state index < -0.39 is 62.5 Å². The molecule has 0 unspecified atom stereocenters. The predicted octanol–water partition coefficient (Wildman–Crippen LogP) is 6.65. The second-order valence-electron chi connectivity index (χ2n) is 13.7. The summed E-state index contributed by atoms with van der Waals surface area (Å²) in [5, 5.41) is 0. The Hall–Kier alpha value is -4.14. The van der Waals surface area contributed by atoms with Crippen molar-refractivity contribution < 1.29 is 47.6 Å². The molecule has 1 saturated heterocycles. The number of hydrogen-bond acceptors (Lipinski definition) is 10. The lowest BCUT2D eigenvalue weighted by Crippen LogP contribution is -2.59. The zero-order valence-corrected chi connectivity index (χ0v) is 32.2. The summed E-state index contributed by atoms with van der Waals surface area (Å²) in [5.74, 6) is 1.51. The molecule has 0 amide bonds. The zero-order chi connectivity index (χ0) is 37.3. The second kappa shape index (κ2) is 17.7. The molecule has 2 aromatic carbocycles. The van der Waals surface area contributed by atoms with Crippen molar-refractivity contribution in [2.45, 2.75) is 123 Å². The Balaban J connectivity index is 2.03. The number of carbonyl (C=O) groups excluding carboxylic acids is 4. The molecule has 50 heavy (non-hydrogen) atoms. The number of hydrogen-bond donors (Lipinski definition) is 0. The van der Waals surface area contributed by atoms with Gasteiger partial charge >= 0.3 is 23.9 Å². The average molecular weight is 709 g/mol. The molecule has 2 aromatic rings. The van der Waals surface area contributed by atoms with Crippen LogP contribution in [0.2, 0.25) is 16.6 Å². The highest BCUT2D eigenvalue weighted by molar-refractivity contribution is 6.90. The van der Waals surface area contributed by atoms with Crippen LogP contribution in [-0.2, 0) is 49.3 Å². The molecule has 1 aliphatic heterocycles. The van der Waals surface area contributed by atoms with E-state index >= 15 is 0 Å². The van der Waals surface area contributed by atoms with E-state index in [0.717, 1.165) is 16.7 Å². The van der Waals surface area contributed by atoms with Gasteiger partial charge < -0.3 is 28.4 Å². The molecular formula is C39H52O10Si. The summed E-state index contributed by atoms with van der Waals surface area (Å²) in [4.78, 5) is 48.5. The highest BCUT2D eigenvalue weighted by Gasteiger charge is 2.52. The molecule has 5 atom stereocenters. The summed E-state index contributed by atoms with van der Waals surface area (Å²) < 4.78 is 34.2. The Morgan fingerprint density at radius 3 is 1.78 bits per heavy atom. The standard InChI is InChI=1S/C39H52O10Si/c1-23(2)50(24(3)4,25(5)6)19-18-30-12-14-31(15-13-30)20-33-21-32(16-17-34(33)44-11)36-38(47-28(9)42)39(48-29(10)43)37(46-27(8)41)35(49-36)22-45-26(7)40/h12-17,21,23-25,35-39H,20,22H2,1-11H3/t35-,36+,37-,38+,39+/m1/s1. The molecule has 0 spiro atoms. The van der Waals surface area contributed by atoms with Crippen molar-refractivity contribution >= 4 is 32.0 Å². The zero-order valence-electron chi connectivity index (χ0n) is 31.2. The summed E-state index contributed by atoms with van der Waals surface area (Å²) in [6, 6.07) is 13.6. The fourth-order valence-corrected chi connectivity index (χ4v) is 12.4. The Bertz CT molecular complexity index is 1550. The maximum Gasteiger partial charge on any atom is 0.303 e.